The fraction of sp³-hybridized carbons (Fsp3) is 0.588. The smallest absolute Gasteiger partial charge is 0.277 e. The maximum atomic E-state index is 13.5. The van der Waals surface area contributed by atoms with Gasteiger partial charge in [0, 0.05) is 26.1 Å². The van der Waals surface area contributed by atoms with Crippen LogP contribution in [0.4, 0.5) is 14.7 Å². The van der Waals surface area contributed by atoms with Gasteiger partial charge in [-0.2, -0.15) is 10.1 Å². The van der Waals surface area contributed by atoms with E-state index in [4.69, 9.17) is 0 Å². The molecule has 0 N–H and O–H groups in total. The molecule has 0 aromatic carbocycles. The largest absolute Gasteiger partial charge is 0.337 e. The van der Waals surface area contributed by atoms with Crippen LogP contribution in [0.1, 0.15) is 36.3 Å². The lowest BCUT2D eigenvalue weighted by Crippen LogP contribution is -2.46. The van der Waals surface area contributed by atoms with Crippen LogP contribution in [-0.2, 0) is 7.05 Å². The van der Waals surface area contributed by atoms with E-state index in [9.17, 15) is 13.6 Å². The molecule has 8 nitrogen and oxygen atoms in total. The van der Waals surface area contributed by atoms with Gasteiger partial charge in [-0.25, -0.2) is 23.4 Å². The molecule has 2 aliphatic heterocycles. The van der Waals surface area contributed by atoms with Crippen LogP contribution in [0.15, 0.2) is 23.8 Å². The second-order valence-electron chi connectivity index (χ2n) is 7.16. The van der Waals surface area contributed by atoms with Gasteiger partial charge in [-0.05, 0) is 18.8 Å². The van der Waals surface area contributed by atoms with Crippen molar-refractivity contribution in [2.24, 2.45) is 23.9 Å². The van der Waals surface area contributed by atoms with Gasteiger partial charge >= 0.3 is 0 Å². The van der Waals surface area contributed by atoms with E-state index in [0.29, 0.717) is 18.8 Å². The number of imidazole rings is 1. The number of amides is 1. The number of aromatic nitrogens is 5. The van der Waals surface area contributed by atoms with E-state index >= 15 is 0 Å². The predicted octanol–water partition coefficient (Wildman–Crippen LogP) is 2.09. The van der Waals surface area contributed by atoms with Crippen molar-refractivity contribution >= 4 is 17.6 Å². The molecule has 27 heavy (non-hydrogen) atoms. The number of fused-ring (bicyclic) bond motifs is 1. The Balaban J connectivity index is 1.60. The van der Waals surface area contributed by atoms with Gasteiger partial charge in [0.1, 0.15) is 12.0 Å². The molecule has 10 heteroatoms. The van der Waals surface area contributed by atoms with Gasteiger partial charge in [-0.3, -0.25) is 4.79 Å². The number of hydrogen-bond donors (Lipinski definition) is 0. The maximum absolute atomic E-state index is 13.5. The van der Waals surface area contributed by atoms with Crippen molar-refractivity contribution in [1.82, 2.24) is 29.2 Å². The summed E-state index contributed by atoms with van der Waals surface area (Å²) in [4.78, 5) is 26.6. The second kappa shape index (κ2) is 6.82. The zero-order valence-corrected chi connectivity index (χ0v) is 15.2. The molecule has 0 aliphatic carbocycles. The number of carbonyl (C=O) groups excluding carboxylic acids is 1. The van der Waals surface area contributed by atoms with Crippen LogP contribution in [-0.4, -0.2) is 60.3 Å². The molecule has 3 atom stereocenters. The fourth-order valence-electron chi connectivity index (χ4n) is 4.19. The highest BCUT2D eigenvalue weighted by Gasteiger charge is 2.41. The Hall–Kier alpha value is -2.65. The minimum absolute atomic E-state index is 0.00405. The number of piperidine rings is 1. The third-order valence-electron chi connectivity index (χ3n) is 5.53. The number of rotatable bonds is 3. The summed E-state index contributed by atoms with van der Waals surface area (Å²) in [6, 6.07) is -0.300. The fourth-order valence-corrected chi connectivity index (χ4v) is 4.19. The van der Waals surface area contributed by atoms with E-state index in [2.05, 4.69) is 20.1 Å². The Morgan fingerprint density at radius 2 is 2.19 bits per heavy atom. The molecular formula is C17H21F2N7O. The Kier molecular flexibility index (Phi) is 4.48. The van der Waals surface area contributed by atoms with Gasteiger partial charge in [-0.15, -0.1) is 0 Å². The molecule has 0 bridgehead atoms. The molecule has 2 aromatic heterocycles. The first-order chi connectivity index (χ1) is 13.0. The Morgan fingerprint density at radius 1 is 1.37 bits per heavy atom. The standard InChI is InChI=1S/C17H21F2N7O/c1-10-13(15(18)19)23-17-21-8-22-26(17)14(10)11-4-3-5-25(7-11)16(27)12-6-20-9-24(12)2/h6,8-11,14-15H,3-5,7H2,1-2H3/t10?,11-,14?/m0/s1. The van der Waals surface area contributed by atoms with Crippen molar-refractivity contribution in [3.63, 3.8) is 0 Å². The lowest BCUT2D eigenvalue weighted by Gasteiger charge is -2.40. The lowest BCUT2D eigenvalue weighted by atomic mass is 9.81. The van der Waals surface area contributed by atoms with Crippen molar-refractivity contribution in [2.75, 3.05) is 13.1 Å². The van der Waals surface area contributed by atoms with E-state index in [1.165, 1.54) is 6.33 Å². The first-order valence-corrected chi connectivity index (χ1v) is 8.99. The van der Waals surface area contributed by atoms with E-state index in [1.807, 2.05) is 0 Å². The summed E-state index contributed by atoms with van der Waals surface area (Å²) < 4.78 is 30.3. The van der Waals surface area contributed by atoms with E-state index < -0.39 is 12.3 Å². The molecule has 4 heterocycles. The maximum Gasteiger partial charge on any atom is 0.277 e. The second-order valence-corrected chi connectivity index (χ2v) is 7.16. The van der Waals surface area contributed by atoms with Crippen molar-refractivity contribution in [3.8, 4) is 0 Å². The highest BCUT2D eigenvalue weighted by atomic mass is 19.3. The molecule has 2 aromatic rings. The topological polar surface area (TPSA) is 81.2 Å². The first-order valence-electron chi connectivity index (χ1n) is 8.99. The zero-order valence-electron chi connectivity index (χ0n) is 15.2. The highest BCUT2D eigenvalue weighted by Crippen LogP contribution is 2.39. The van der Waals surface area contributed by atoms with Crippen LogP contribution in [0, 0.1) is 11.8 Å². The van der Waals surface area contributed by atoms with Crippen molar-refractivity contribution in [1.29, 1.82) is 0 Å². The summed E-state index contributed by atoms with van der Waals surface area (Å²) in [5.41, 5.74) is 0.360. The van der Waals surface area contributed by atoms with Crippen LogP contribution >= 0.6 is 0 Å². The van der Waals surface area contributed by atoms with Gasteiger partial charge in [0.25, 0.3) is 12.3 Å². The third kappa shape index (κ3) is 3.02. The van der Waals surface area contributed by atoms with Crippen LogP contribution in [0.25, 0.3) is 0 Å². The van der Waals surface area contributed by atoms with Gasteiger partial charge in [-0.1, -0.05) is 6.92 Å². The summed E-state index contributed by atoms with van der Waals surface area (Å²) in [5, 5.41) is 4.23. The highest BCUT2D eigenvalue weighted by molar-refractivity contribution is 5.93. The Morgan fingerprint density at radius 3 is 2.89 bits per heavy atom. The summed E-state index contributed by atoms with van der Waals surface area (Å²) >= 11 is 0. The Bertz CT molecular complexity index is 874. The van der Waals surface area contributed by atoms with Crippen LogP contribution in [0.2, 0.25) is 0 Å². The zero-order chi connectivity index (χ0) is 19.1. The van der Waals surface area contributed by atoms with Crippen molar-refractivity contribution in [3.05, 3.63) is 24.5 Å². The van der Waals surface area contributed by atoms with Crippen molar-refractivity contribution < 1.29 is 13.6 Å². The molecule has 0 spiro atoms. The summed E-state index contributed by atoms with van der Waals surface area (Å²) in [7, 11) is 1.78. The number of nitrogens with zero attached hydrogens (tertiary/aromatic N) is 7. The molecule has 2 unspecified atom stereocenters. The monoisotopic (exact) mass is 377 g/mol. The number of aliphatic imine (C=N–C) groups is 1. The molecule has 144 valence electrons. The quantitative estimate of drug-likeness (QED) is 0.820. The number of aryl methyl sites for hydroxylation is 1. The average Bonchev–Trinajstić information content (AvgIpc) is 3.29. The molecule has 0 saturated carbocycles. The first kappa shape index (κ1) is 17.7. The predicted molar refractivity (Wildman–Crippen MR) is 93.2 cm³/mol. The number of hydrogen-bond acceptors (Lipinski definition) is 5. The van der Waals surface area contributed by atoms with Crippen LogP contribution in [0.5, 0.6) is 0 Å². The molecular weight excluding hydrogens is 356 g/mol. The average molecular weight is 377 g/mol. The van der Waals surface area contributed by atoms with Gasteiger partial charge < -0.3 is 9.47 Å². The molecule has 0 radical (unpaired) electrons. The summed E-state index contributed by atoms with van der Waals surface area (Å²) in [6.07, 6.45) is 3.48. The third-order valence-corrected chi connectivity index (χ3v) is 5.53. The molecule has 1 amide bonds. The van der Waals surface area contributed by atoms with Crippen LogP contribution < -0.4 is 0 Å². The number of halogens is 2. The van der Waals surface area contributed by atoms with Gasteiger partial charge in [0.2, 0.25) is 5.95 Å². The molecule has 4 rings (SSSR count). The number of carbonyl (C=O) groups is 1. The molecule has 1 saturated heterocycles. The molecule has 2 aliphatic rings. The normalized spacial score (nSPS) is 25.4. The number of alkyl halides is 2. The SMILES string of the molecule is CC1C(C(F)F)=Nc2ncnn2C1[C@H]1CCCN(C(=O)c2cncn2C)C1. The minimum atomic E-state index is -2.64. The lowest BCUT2D eigenvalue weighted by molar-refractivity contribution is 0.0591. The molecule has 1 fully saturated rings. The summed E-state index contributed by atoms with van der Waals surface area (Å²) in [5.74, 6) is -0.361. The van der Waals surface area contributed by atoms with Crippen molar-refractivity contribution in [2.45, 2.75) is 32.2 Å². The Labute approximate surface area is 154 Å². The van der Waals surface area contributed by atoms with E-state index in [0.717, 1.165) is 12.8 Å². The van der Waals surface area contributed by atoms with Gasteiger partial charge in [0.15, 0.2) is 0 Å². The van der Waals surface area contributed by atoms with Gasteiger partial charge in [0.05, 0.1) is 24.3 Å². The van der Waals surface area contributed by atoms with E-state index in [1.54, 1.807) is 40.6 Å². The number of likely N-dealkylation sites (tertiary alicyclic amines) is 1. The van der Waals surface area contributed by atoms with E-state index in [-0.39, 0.29) is 29.5 Å². The van der Waals surface area contributed by atoms with Crippen LogP contribution in [0.3, 0.4) is 0 Å². The summed E-state index contributed by atoms with van der Waals surface area (Å²) in [6.45, 7) is 2.87. The minimum Gasteiger partial charge on any atom is -0.337 e.